The highest BCUT2D eigenvalue weighted by Crippen LogP contribution is 2.08. The Morgan fingerprint density at radius 2 is 2.07 bits per heavy atom. The summed E-state index contributed by atoms with van der Waals surface area (Å²) in [4.78, 5) is 13.4. The van der Waals surface area contributed by atoms with Crippen molar-refractivity contribution in [3.8, 4) is 0 Å². The molecule has 80 valence electrons. The number of piperidine rings is 1. The van der Waals surface area contributed by atoms with E-state index in [-0.39, 0.29) is 12.5 Å². The number of hydrazone groups is 1. The lowest BCUT2D eigenvalue weighted by molar-refractivity contribution is -0.132. The Balaban J connectivity index is 2.32. The molecule has 14 heavy (non-hydrogen) atoms. The first kappa shape index (κ1) is 10.8. The molecule has 0 bridgehead atoms. The molecule has 0 aromatic carbocycles. The van der Waals surface area contributed by atoms with Crippen molar-refractivity contribution >= 4 is 12.2 Å². The number of carbonyl (C=O) groups excluding carboxylic acids is 1. The Kier molecular flexibility index (Phi) is 4.18. The minimum absolute atomic E-state index is 0.0344. The number of hydrogen-bond acceptors (Lipinski definition) is 4. The molecule has 0 saturated carbocycles. The van der Waals surface area contributed by atoms with Gasteiger partial charge in [0.25, 0.3) is 0 Å². The van der Waals surface area contributed by atoms with Crippen LogP contribution in [0.5, 0.6) is 0 Å². The Bertz CT molecular complexity index is 212. The summed E-state index contributed by atoms with van der Waals surface area (Å²) in [6.07, 6.45) is 4.62. The van der Waals surface area contributed by atoms with E-state index in [0.717, 1.165) is 25.9 Å². The van der Waals surface area contributed by atoms with Gasteiger partial charge in [-0.3, -0.25) is 9.80 Å². The van der Waals surface area contributed by atoms with Crippen LogP contribution in [0.1, 0.15) is 19.3 Å². The standard InChI is InChI=1S/C8H17N5O/c9-11-7-13(10)6-8(14)12-4-2-1-3-5-12/h7H,1-6,9-10H2/b11-7-. The molecule has 0 unspecified atom stereocenters. The summed E-state index contributed by atoms with van der Waals surface area (Å²) < 4.78 is 0. The lowest BCUT2D eigenvalue weighted by atomic mass is 10.1. The molecule has 6 heteroatoms. The number of nitrogens with two attached hydrogens (primary N) is 2. The van der Waals surface area contributed by atoms with E-state index < -0.39 is 0 Å². The molecule has 0 aromatic heterocycles. The van der Waals surface area contributed by atoms with Crippen LogP contribution in [0.15, 0.2) is 5.10 Å². The molecule has 0 radical (unpaired) electrons. The van der Waals surface area contributed by atoms with Crippen LogP contribution in [-0.2, 0) is 4.79 Å². The quantitative estimate of drug-likeness (QED) is 0.266. The normalized spacial score (nSPS) is 17.4. The van der Waals surface area contributed by atoms with Crippen molar-refractivity contribution in [1.82, 2.24) is 9.91 Å². The maximum atomic E-state index is 11.6. The van der Waals surface area contributed by atoms with E-state index in [2.05, 4.69) is 5.10 Å². The third-order valence-electron chi connectivity index (χ3n) is 2.24. The second-order valence-corrected chi connectivity index (χ2v) is 3.38. The van der Waals surface area contributed by atoms with Crippen molar-refractivity contribution in [3.63, 3.8) is 0 Å². The number of rotatable bonds is 3. The Hall–Kier alpha value is -1.30. The van der Waals surface area contributed by atoms with E-state index in [9.17, 15) is 4.79 Å². The molecule has 6 nitrogen and oxygen atoms in total. The van der Waals surface area contributed by atoms with Gasteiger partial charge in [-0.05, 0) is 19.3 Å². The highest BCUT2D eigenvalue weighted by Gasteiger charge is 2.16. The monoisotopic (exact) mass is 199 g/mol. The summed E-state index contributed by atoms with van der Waals surface area (Å²) in [6.45, 7) is 1.82. The van der Waals surface area contributed by atoms with Gasteiger partial charge in [0.15, 0.2) is 0 Å². The van der Waals surface area contributed by atoms with Gasteiger partial charge >= 0.3 is 0 Å². The maximum absolute atomic E-state index is 11.6. The molecule has 1 fully saturated rings. The molecule has 1 heterocycles. The second kappa shape index (κ2) is 5.43. The topological polar surface area (TPSA) is 88.0 Å². The molecule has 1 aliphatic heterocycles. The molecular weight excluding hydrogens is 182 g/mol. The zero-order valence-electron chi connectivity index (χ0n) is 8.22. The molecule has 0 atom stereocenters. The van der Waals surface area contributed by atoms with Crippen molar-refractivity contribution in [1.29, 1.82) is 0 Å². The van der Waals surface area contributed by atoms with Gasteiger partial charge in [-0.2, -0.15) is 5.10 Å². The summed E-state index contributed by atoms with van der Waals surface area (Å²) in [5, 5.41) is 4.43. The molecule has 1 amide bonds. The van der Waals surface area contributed by atoms with Gasteiger partial charge in [0, 0.05) is 13.1 Å². The third kappa shape index (κ3) is 3.21. The first-order valence-electron chi connectivity index (χ1n) is 4.76. The van der Waals surface area contributed by atoms with E-state index in [1.165, 1.54) is 17.8 Å². The third-order valence-corrected chi connectivity index (χ3v) is 2.24. The van der Waals surface area contributed by atoms with Gasteiger partial charge in [-0.1, -0.05) is 0 Å². The predicted octanol–water partition coefficient (Wildman–Crippen LogP) is -0.923. The summed E-state index contributed by atoms with van der Waals surface area (Å²) >= 11 is 0. The van der Waals surface area contributed by atoms with E-state index in [4.69, 9.17) is 11.7 Å². The Morgan fingerprint density at radius 3 is 2.64 bits per heavy atom. The zero-order valence-corrected chi connectivity index (χ0v) is 8.22. The predicted molar refractivity (Wildman–Crippen MR) is 54.0 cm³/mol. The highest BCUT2D eigenvalue weighted by atomic mass is 16.2. The number of nitrogens with zero attached hydrogens (tertiary/aromatic N) is 3. The van der Waals surface area contributed by atoms with Crippen LogP contribution >= 0.6 is 0 Å². The molecular formula is C8H17N5O. The van der Waals surface area contributed by atoms with Crippen molar-refractivity contribution in [2.24, 2.45) is 16.8 Å². The highest BCUT2D eigenvalue weighted by molar-refractivity contribution is 5.80. The molecule has 4 N–H and O–H groups in total. The van der Waals surface area contributed by atoms with E-state index in [0.29, 0.717) is 0 Å². The molecule has 1 saturated heterocycles. The number of hydrazine groups is 1. The van der Waals surface area contributed by atoms with Gasteiger partial charge in [0.2, 0.25) is 5.91 Å². The average molecular weight is 199 g/mol. The number of amides is 1. The van der Waals surface area contributed by atoms with Crippen LogP contribution in [0.4, 0.5) is 0 Å². The minimum atomic E-state index is 0.0344. The SMILES string of the molecule is N/N=C\N(N)CC(=O)N1CCCCC1. The summed E-state index contributed by atoms with van der Waals surface area (Å²) in [7, 11) is 0. The fourth-order valence-electron chi connectivity index (χ4n) is 1.53. The Labute approximate surface area is 83.5 Å². The van der Waals surface area contributed by atoms with E-state index in [1.807, 2.05) is 4.90 Å². The van der Waals surface area contributed by atoms with Gasteiger partial charge in [0.05, 0.1) is 0 Å². The van der Waals surface area contributed by atoms with Crippen LogP contribution in [0, 0.1) is 0 Å². The molecule has 0 aromatic rings. The van der Waals surface area contributed by atoms with Crippen molar-refractivity contribution in [2.45, 2.75) is 19.3 Å². The smallest absolute Gasteiger partial charge is 0.243 e. The summed E-state index contributed by atoms with van der Waals surface area (Å²) in [5.74, 6) is 10.4. The second-order valence-electron chi connectivity index (χ2n) is 3.38. The fourth-order valence-corrected chi connectivity index (χ4v) is 1.53. The fraction of sp³-hybridized carbons (Fsp3) is 0.750. The maximum Gasteiger partial charge on any atom is 0.243 e. The number of carbonyl (C=O) groups is 1. The Morgan fingerprint density at radius 1 is 1.43 bits per heavy atom. The molecule has 0 aliphatic carbocycles. The summed E-state index contributed by atoms with van der Waals surface area (Å²) in [5.41, 5.74) is 0. The van der Waals surface area contributed by atoms with Crippen molar-refractivity contribution in [2.75, 3.05) is 19.6 Å². The number of hydrogen-bond donors (Lipinski definition) is 2. The van der Waals surface area contributed by atoms with Crippen LogP contribution in [0.2, 0.25) is 0 Å². The van der Waals surface area contributed by atoms with E-state index in [1.54, 1.807) is 0 Å². The van der Waals surface area contributed by atoms with Gasteiger partial charge in [-0.15, -0.1) is 0 Å². The van der Waals surface area contributed by atoms with Crippen LogP contribution in [0.3, 0.4) is 0 Å². The van der Waals surface area contributed by atoms with Crippen molar-refractivity contribution in [3.05, 3.63) is 0 Å². The van der Waals surface area contributed by atoms with Crippen LogP contribution in [-0.4, -0.2) is 41.8 Å². The number of likely N-dealkylation sites (tertiary alicyclic amines) is 1. The lowest BCUT2D eigenvalue weighted by Crippen LogP contribution is -2.44. The molecule has 1 rings (SSSR count). The first-order valence-corrected chi connectivity index (χ1v) is 4.76. The molecule has 0 spiro atoms. The lowest BCUT2D eigenvalue weighted by Gasteiger charge is -2.27. The van der Waals surface area contributed by atoms with Gasteiger partial charge in [-0.25, -0.2) is 5.84 Å². The van der Waals surface area contributed by atoms with Crippen molar-refractivity contribution < 1.29 is 4.79 Å². The van der Waals surface area contributed by atoms with E-state index >= 15 is 0 Å². The summed E-state index contributed by atoms with van der Waals surface area (Å²) in [6, 6.07) is 0. The largest absolute Gasteiger partial charge is 0.341 e. The van der Waals surface area contributed by atoms with Crippen LogP contribution < -0.4 is 11.7 Å². The first-order chi connectivity index (χ1) is 6.74. The zero-order chi connectivity index (χ0) is 10.4. The molecule has 1 aliphatic rings. The van der Waals surface area contributed by atoms with Gasteiger partial charge in [0.1, 0.15) is 12.9 Å². The average Bonchev–Trinajstić information content (AvgIpc) is 2.19. The van der Waals surface area contributed by atoms with Crippen LogP contribution in [0.25, 0.3) is 0 Å². The minimum Gasteiger partial charge on any atom is -0.341 e. The van der Waals surface area contributed by atoms with Gasteiger partial charge < -0.3 is 10.7 Å².